The summed E-state index contributed by atoms with van der Waals surface area (Å²) >= 11 is 11.5. The lowest BCUT2D eigenvalue weighted by Crippen LogP contribution is -2.10. The second-order valence-electron chi connectivity index (χ2n) is 3.24. The summed E-state index contributed by atoms with van der Waals surface area (Å²) in [4.78, 5) is 10.9. The highest BCUT2D eigenvalue weighted by Gasteiger charge is 2.17. The molecule has 0 amide bonds. The van der Waals surface area contributed by atoms with Crippen LogP contribution in [0.2, 0.25) is 10.0 Å². The van der Waals surface area contributed by atoms with Crippen LogP contribution in [0.4, 0.5) is 0 Å². The molecule has 0 aliphatic carbocycles. The van der Waals surface area contributed by atoms with E-state index in [9.17, 15) is 4.79 Å². The summed E-state index contributed by atoms with van der Waals surface area (Å²) < 4.78 is 5.32. The topological polar surface area (TPSA) is 46.5 Å². The summed E-state index contributed by atoms with van der Waals surface area (Å²) in [6.07, 6.45) is -0.151. The molecule has 0 aliphatic heterocycles. The van der Waals surface area contributed by atoms with Gasteiger partial charge in [0, 0.05) is 5.02 Å². The highest BCUT2D eigenvalue weighted by molar-refractivity contribution is 6.36. The van der Waals surface area contributed by atoms with Gasteiger partial charge in [0.1, 0.15) is 5.56 Å². The molecule has 0 bridgehead atoms. The van der Waals surface area contributed by atoms with Gasteiger partial charge < -0.3 is 9.84 Å². The van der Waals surface area contributed by atoms with Gasteiger partial charge in [0.2, 0.25) is 0 Å². The first-order valence-electron chi connectivity index (χ1n) is 4.30. The number of hydrogen-bond acceptors (Lipinski definition) is 2. The molecule has 1 aromatic rings. The number of carbonyl (C=O) groups is 1. The summed E-state index contributed by atoms with van der Waals surface area (Å²) in [5, 5.41) is 9.40. The molecular weight excluding hydrogens is 239 g/mol. The molecule has 0 saturated heterocycles. The van der Waals surface area contributed by atoms with E-state index in [-0.39, 0.29) is 27.5 Å². The lowest BCUT2D eigenvalue weighted by Gasteiger charge is -2.14. The average molecular weight is 249 g/mol. The molecule has 1 rings (SSSR count). The first kappa shape index (κ1) is 12.1. The first-order chi connectivity index (χ1) is 6.91. The molecule has 0 radical (unpaired) electrons. The van der Waals surface area contributed by atoms with Gasteiger partial charge in [0.15, 0.2) is 5.75 Å². The molecule has 15 heavy (non-hydrogen) atoms. The Bertz CT molecular complexity index is 388. The van der Waals surface area contributed by atoms with Crippen molar-refractivity contribution in [3.8, 4) is 5.75 Å². The highest BCUT2D eigenvalue weighted by Crippen LogP contribution is 2.33. The van der Waals surface area contributed by atoms with Crippen molar-refractivity contribution in [1.82, 2.24) is 0 Å². The van der Waals surface area contributed by atoms with Crippen LogP contribution >= 0.6 is 23.2 Å². The van der Waals surface area contributed by atoms with Crippen molar-refractivity contribution < 1.29 is 14.6 Å². The normalized spacial score (nSPS) is 10.5. The van der Waals surface area contributed by atoms with Gasteiger partial charge in [0.05, 0.1) is 11.1 Å². The maximum absolute atomic E-state index is 10.9. The summed E-state index contributed by atoms with van der Waals surface area (Å²) in [6, 6.07) is 2.76. The zero-order valence-electron chi connectivity index (χ0n) is 8.25. The van der Waals surface area contributed by atoms with E-state index in [1.54, 1.807) is 13.8 Å². The van der Waals surface area contributed by atoms with Crippen LogP contribution in [-0.2, 0) is 0 Å². The Kier molecular flexibility index (Phi) is 3.83. The molecule has 0 atom stereocenters. The van der Waals surface area contributed by atoms with E-state index >= 15 is 0 Å². The number of ether oxygens (including phenoxy) is 1. The van der Waals surface area contributed by atoms with Gasteiger partial charge in [-0.1, -0.05) is 23.2 Å². The van der Waals surface area contributed by atoms with E-state index in [4.69, 9.17) is 33.0 Å². The van der Waals surface area contributed by atoms with Crippen molar-refractivity contribution in [2.75, 3.05) is 0 Å². The first-order valence-corrected chi connectivity index (χ1v) is 5.06. The van der Waals surface area contributed by atoms with Crippen molar-refractivity contribution >= 4 is 29.2 Å². The van der Waals surface area contributed by atoms with Crippen molar-refractivity contribution in [1.29, 1.82) is 0 Å². The van der Waals surface area contributed by atoms with Gasteiger partial charge in [-0.2, -0.15) is 0 Å². The van der Waals surface area contributed by atoms with E-state index in [0.717, 1.165) is 0 Å². The number of carboxylic acid groups (broad SMARTS) is 1. The van der Waals surface area contributed by atoms with Crippen LogP contribution in [0, 0.1) is 0 Å². The lowest BCUT2D eigenvalue weighted by molar-refractivity contribution is 0.0690. The quantitative estimate of drug-likeness (QED) is 0.891. The maximum atomic E-state index is 10.9. The molecule has 0 spiro atoms. The summed E-state index contributed by atoms with van der Waals surface area (Å²) in [5.74, 6) is -0.960. The summed E-state index contributed by atoms with van der Waals surface area (Å²) in [7, 11) is 0. The predicted molar refractivity (Wildman–Crippen MR) is 59.2 cm³/mol. The van der Waals surface area contributed by atoms with Crippen molar-refractivity contribution in [2.24, 2.45) is 0 Å². The maximum Gasteiger partial charge on any atom is 0.339 e. The minimum Gasteiger partial charge on any atom is -0.489 e. The van der Waals surface area contributed by atoms with E-state index in [2.05, 4.69) is 0 Å². The Morgan fingerprint density at radius 3 is 2.47 bits per heavy atom. The standard InChI is InChI=1S/C10H10Cl2O3/c1-5(2)15-9-7(10(13)14)3-6(11)4-8(9)12/h3-5H,1-2H3,(H,13,14). The number of hydrogen-bond donors (Lipinski definition) is 1. The largest absolute Gasteiger partial charge is 0.489 e. The Morgan fingerprint density at radius 2 is 2.00 bits per heavy atom. The second kappa shape index (κ2) is 4.73. The number of aromatic carboxylic acids is 1. The summed E-state index contributed by atoms with van der Waals surface area (Å²) in [6.45, 7) is 3.58. The fourth-order valence-corrected chi connectivity index (χ4v) is 1.61. The van der Waals surface area contributed by atoms with Crippen LogP contribution in [0.5, 0.6) is 5.75 Å². The van der Waals surface area contributed by atoms with Crippen LogP contribution in [-0.4, -0.2) is 17.2 Å². The van der Waals surface area contributed by atoms with Crippen molar-refractivity contribution in [3.63, 3.8) is 0 Å². The molecule has 0 aliphatic rings. The Labute approximate surface area is 97.6 Å². The second-order valence-corrected chi connectivity index (χ2v) is 4.08. The van der Waals surface area contributed by atoms with Gasteiger partial charge in [-0.05, 0) is 26.0 Å². The van der Waals surface area contributed by atoms with Gasteiger partial charge in [0.25, 0.3) is 0 Å². The molecule has 0 heterocycles. The monoisotopic (exact) mass is 248 g/mol. The predicted octanol–water partition coefficient (Wildman–Crippen LogP) is 3.48. The number of rotatable bonds is 3. The Balaban J connectivity index is 3.27. The molecule has 1 N–H and O–H groups in total. The van der Waals surface area contributed by atoms with E-state index in [0.29, 0.717) is 0 Å². The molecule has 82 valence electrons. The van der Waals surface area contributed by atoms with Crippen LogP contribution in [0.1, 0.15) is 24.2 Å². The molecule has 1 aromatic carbocycles. The SMILES string of the molecule is CC(C)Oc1c(Cl)cc(Cl)cc1C(=O)O. The highest BCUT2D eigenvalue weighted by atomic mass is 35.5. The molecule has 0 unspecified atom stereocenters. The van der Waals surface area contributed by atoms with Crippen molar-refractivity contribution in [3.05, 3.63) is 27.7 Å². The van der Waals surface area contributed by atoms with Gasteiger partial charge in [-0.3, -0.25) is 0 Å². The third-order valence-corrected chi connectivity index (χ3v) is 2.09. The zero-order valence-corrected chi connectivity index (χ0v) is 9.76. The van der Waals surface area contributed by atoms with Crippen LogP contribution in [0.3, 0.4) is 0 Å². The third kappa shape index (κ3) is 3.01. The molecular formula is C10H10Cl2O3. The smallest absolute Gasteiger partial charge is 0.339 e. The lowest BCUT2D eigenvalue weighted by atomic mass is 10.2. The van der Waals surface area contributed by atoms with Crippen molar-refractivity contribution in [2.45, 2.75) is 20.0 Å². The molecule has 5 heteroatoms. The van der Waals surface area contributed by atoms with Gasteiger partial charge >= 0.3 is 5.97 Å². The average Bonchev–Trinajstić information content (AvgIpc) is 2.08. The molecule has 3 nitrogen and oxygen atoms in total. The number of halogens is 2. The Hall–Kier alpha value is -0.930. The van der Waals surface area contributed by atoms with Crippen LogP contribution in [0.25, 0.3) is 0 Å². The van der Waals surface area contributed by atoms with E-state index < -0.39 is 5.97 Å². The van der Waals surface area contributed by atoms with E-state index in [1.165, 1.54) is 12.1 Å². The molecule has 0 aromatic heterocycles. The molecule has 0 saturated carbocycles. The van der Waals surface area contributed by atoms with Gasteiger partial charge in [-0.15, -0.1) is 0 Å². The summed E-state index contributed by atoms with van der Waals surface area (Å²) in [5.41, 5.74) is -0.0267. The minimum absolute atomic E-state index is 0.0267. The fraction of sp³-hybridized carbons (Fsp3) is 0.300. The number of benzene rings is 1. The minimum atomic E-state index is -1.12. The number of carboxylic acids is 1. The fourth-order valence-electron chi connectivity index (χ4n) is 1.07. The zero-order chi connectivity index (χ0) is 11.6. The molecule has 0 fully saturated rings. The van der Waals surface area contributed by atoms with Crippen LogP contribution in [0.15, 0.2) is 12.1 Å². The third-order valence-electron chi connectivity index (χ3n) is 1.59. The van der Waals surface area contributed by atoms with Gasteiger partial charge in [-0.25, -0.2) is 4.79 Å². The van der Waals surface area contributed by atoms with Crippen LogP contribution < -0.4 is 4.74 Å². The Morgan fingerprint density at radius 1 is 1.40 bits per heavy atom. The van der Waals surface area contributed by atoms with E-state index in [1.807, 2.05) is 0 Å².